The van der Waals surface area contributed by atoms with Gasteiger partial charge in [-0.3, -0.25) is 14.8 Å². The molecular weight excluding hydrogens is 466 g/mol. The van der Waals surface area contributed by atoms with E-state index in [0.717, 1.165) is 21.7 Å². The Morgan fingerprint density at radius 3 is 2.57 bits per heavy atom. The number of ether oxygens (including phenoxy) is 3. The number of H-pyrrole nitrogens is 1. The van der Waals surface area contributed by atoms with Gasteiger partial charge in [0.2, 0.25) is 0 Å². The number of hydrogen-bond donors (Lipinski definition) is 1. The van der Waals surface area contributed by atoms with Crippen molar-refractivity contribution in [1.82, 2.24) is 10.2 Å². The Morgan fingerprint density at radius 2 is 1.91 bits per heavy atom. The fourth-order valence-electron chi connectivity index (χ4n) is 4.33. The van der Waals surface area contributed by atoms with Gasteiger partial charge in [0.25, 0.3) is 5.91 Å². The third kappa shape index (κ3) is 3.83. The maximum atomic E-state index is 13.7. The van der Waals surface area contributed by atoms with Gasteiger partial charge < -0.3 is 14.2 Å². The number of carbonyl (C=O) groups excluding carboxylic acids is 2. The Hall–Kier alpha value is -4.11. The number of esters is 1. The zero-order valence-corrected chi connectivity index (χ0v) is 20.2. The average molecular weight is 490 g/mol. The van der Waals surface area contributed by atoms with Crippen molar-refractivity contribution in [1.29, 1.82) is 0 Å². The lowest BCUT2D eigenvalue weighted by molar-refractivity contribution is 0.0526. The number of methoxy groups -OCH3 is 2. The van der Waals surface area contributed by atoms with Crippen LogP contribution in [0.3, 0.4) is 0 Å². The highest BCUT2D eigenvalue weighted by molar-refractivity contribution is 7.13. The first-order valence-corrected chi connectivity index (χ1v) is 11.9. The number of anilines is 1. The van der Waals surface area contributed by atoms with Gasteiger partial charge in [0.1, 0.15) is 11.5 Å². The quantitative estimate of drug-likeness (QED) is 0.364. The first-order valence-electron chi connectivity index (χ1n) is 11.0. The van der Waals surface area contributed by atoms with E-state index in [0.29, 0.717) is 28.4 Å². The first kappa shape index (κ1) is 22.7. The Morgan fingerprint density at radius 1 is 1.11 bits per heavy atom. The SMILES string of the molecule is CCOC(=O)c1ccc(N2C(=O)c3n[nH]c(-c4cccs4)c3[C@@H]2c2ccc(OC)cc2OC)cc1. The molecule has 178 valence electrons. The summed E-state index contributed by atoms with van der Waals surface area (Å²) < 4.78 is 16.2. The van der Waals surface area contributed by atoms with Gasteiger partial charge in [-0.15, -0.1) is 11.3 Å². The summed E-state index contributed by atoms with van der Waals surface area (Å²) in [6, 6.07) is 15.8. The van der Waals surface area contributed by atoms with Crippen LogP contribution in [-0.2, 0) is 4.74 Å². The Labute approximate surface area is 206 Å². The normalized spacial score (nSPS) is 14.7. The molecule has 35 heavy (non-hydrogen) atoms. The van der Waals surface area contributed by atoms with E-state index in [4.69, 9.17) is 14.2 Å². The minimum Gasteiger partial charge on any atom is -0.497 e. The molecule has 4 aromatic rings. The van der Waals surface area contributed by atoms with Crippen molar-refractivity contribution in [2.45, 2.75) is 13.0 Å². The minimum absolute atomic E-state index is 0.245. The molecule has 5 rings (SSSR count). The van der Waals surface area contributed by atoms with E-state index in [-0.39, 0.29) is 12.5 Å². The van der Waals surface area contributed by atoms with Crippen LogP contribution in [0.5, 0.6) is 11.5 Å². The van der Waals surface area contributed by atoms with Crippen LogP contribution in [0.1, 0.15) is 44.9 Å². The molecule has 2 aromatic carbocycles. The van der Waals surface area contributed by atoms with Gasteiger partial charge in [0, 0.05) is 22.9 Å². The van der Waals surface area contributed by atoms with Crippen molar-refractivity contribution in [3.63, 3.8) is 0 Å². The summed E-state index contributed by atoms with van der Waals surface area (Å²) >= 11 is 1.56. The summed E-state index contributed by atoms with van der Waals surface area (Å²) in [6.07, 6.45) is 0. The van der Waals surface area contributed by atoms with E-state index in [1.165, 1.54) is 0 Å². The van der Waals surface area contributed by atoms with Gasteiger partial charge in [0.05, 0.1) is 43.0 Å². The summed E-state index contributed by atoms with van der Waals surface area (Å²) in [5.41, 5.74) is 3.74. The molecule has 8 nitrogen and oxygen atoms in total. The molecule has 0 radical (unpaired) electrons. The highest BCUT2D eigenvalue weighted by Gasteiger charge is 2.44. The molecule has 1 aliphatic heterocycles. The number of amides is 1. The molecule has 0 spiro atoms. The van der Waals surface area contributed by atoms with E-state index in [9.17, 15) is 9.59 Å². The predicted octanol–water partition coefficient (Wildman–Crippen LogP) is 5.08. The molecule has 0 saturated heterocycles. The first-order chi connectivity index (χ1) is 17.1. The van der Waals surface area contributed by atoms with Crippen molar-refractivity contribution in [2.75, 3.05) is 25.7 Å². The summed E-state index contributed by atoms with van der Waals surface area (Å²) in [5, 5.41) is 9.44. The highest BCUT2D eigenvalue weighted by Crippen LogP contribution is 2.48. The van der Waals surface area contributed by atoms with Crippen molar-refractivity contribution >= 4 is 28.9 Å². The van der Waals surface area contributed by atoms with Crippen LogP contribution in [0, 0.1) is 0 Å². The summed E-state index contributed by atoms with van der Waals surface area (Å²) in [5.74, 6) is 0.576. The largest absolute Gasteiger partial charge is 0.497 e. The van der Waals surface area contributed by atoms with E-state index in [2.05, 4.69) is 10.2 Å². The molecule has 0 saturated carbocycles. The minimum atomic E-state index is -0.511. The van der Waals surface area contributed by atoms with Crippen LogP contribution < -0.4 is 14.4 Å². The number of nitrogens with zero attached hydrogens (tertiary/aromatic N) is 2. The third-order valence-electron chi connectivity index (χ3n) is 5.92. The smallest absolute Gasteiger partial charge is 0.338 e. The predicted molar refractivity (Wildman–Crippen MR) is 132 cm³/mol. The molecule has 9 heteroatoms. The highest BCUT2D eigenvalue weighted by atomic mass is 32.1. The second kappa shape index (κ2) is 9.27. The van der Waals surface area contributed by atoms with Gasteiger partial charge in [-0.05, 0) is 54.8 Å². The van der Waals surface area contributed by atoms with Crippen molar-refractivity contribution < 1.29 is 23.8 Å². The number of aromatic nitrogens is 2. The molecule has 1 atom stereocenters. The fraction of sp³-hybridized carbons (Fsp3) is 0.192. The molecule has 0 unspecified atom stereocenters. The lowest BCUT2D eigenvalue weighted by Gasteiger charge is -2.28. The standard InChI is InChI=1S/C26H23N3O5S/c1-4-34-26(31)15-7-9-16(10-8-15)29-24(18-12-11-17(32-2)14-19(18)33-3)21-22(20-6-5-13-35-20)27-28-23(21)25(29)30/h5-14,24H,4H2,1-3H3,(H,27,28)/t24-/m0/s1. The lowest BCUT2D eigenvalue weighted by atomic mass is 9.96. The molecule has 1 amide bonds. The Kier molecular flexibility index (Phi) is 6.00. The van der Waals surface area contributed by atoms with Gasteiger partial charge >= 0.3 is 5.97 Å². The maximum Gasteiger partial charge on any atom is 0.338 e. The zero-order chi connectivity index (χ0) is 24.5. The second-order valence-corrected chi connectivity index (χ2v) is 8.74. The van der Waals surface area contributed by atoms with E-state index in [1.54, 1.807) is 67.7 Å². The summed E-state index contributed by atoms with van der Waals surface area (Å²) in [4.78, 5) is 28.5. The number of aromatic amines is 1. The average Bonchev–Trinajstić information content (AvgIpc) is 3.62. The number of rotatable bonds is 7. The van der Waals surface area contributed by atoms with Crippen LogP contribution in [0.25, 0.3) is 10.6 Å². The third-order valence-corrected chi connectivity index (χ3v) is 6.80. The van der Waals surface area contributed by atoms with Crippen LogP contribution in [0.2, 0.25) is 0 Å². The van der Waals surface area contributed by atoms with E-state index in [1.807, 2.05) is 29.6 Å². The number of fused-ring (bicyclic) bond motifs is 1. The Balaban J connectivity index is 1.67. The molecule has 0 aliphatic carbocycles. The number of benzene rings is 2. The maximum absolute atomic E-state index is 13.7. The van der Waals surface area contributed by atoms with Crippen LogP contribution in [0.4, 0.5) is 5.69 Å². The molecular formula is C26H23N3O5S. The molecule has 1 N–H and O–H groups in total. The zero-order valence-electron chi connectivity index (χ0n) is 19.4. The Bertz CT molecular complexity index is 1380. The van der Waals surface area contributed by atoms with Crippen molar-refractivity contribution in [3.8, 4) is 22.1 Å². The van der Waals surface area contributed by atoms with Crippen LogP contribution >= 0.6 is 11.3 Å². The summed E-state index contributed by atoms with van der Waals surface area (Å²) in [6.45, 7) is 2.05. The number of carbonyl (C=O) groups is 2. The van der Waals surface area contributed by atoms with Crippen LogP contribution in [-0.4, -0.2) is 42.9 Å². The van der Waals surface area contributed by atoms with E-state index >= 15 is 0 Å². The molecule has 2 aromatic heterocycles. The van der Waals surface area contributed by atoms with Crippen LogP contribution in [0.15, 0.2) is 60.0 Å². The van der Waals surface area contributed by atoms with Gasteiger partial charge in [-0.2, -0.15) is 5.10 Å². The van der Waals surface area contributed by atoms with E-state index < -0.39 is 12.0 Å². The second-order valence-electron chi connectivity index (χ2n) is 7.79. The van der Waals surface area contributed by atoms with Crippen molar-refractivity contribution in [2.24, 2.45) is 0 Å². The molecule has 1 aliphatic rings. The number of nitrogens with one attached hydrogen (secondary N) is 1. The number of thiophene rings is 1. The topological polar surface area (TPSA) is 93.8 Å². The lowest BCUT2D eigenvalue weighted by Crippen LogP contribution is -2.29. The number of hydrogen-bond acceptors (Lipinski definition) is 7. The molecule has 0 bridgehead atoms. The molecule has 3 heterocycles. The monoisotopic (exact) mass is 489 g/mol. The van der Waals surface area contributed by atoms with Gasteiger partial charge in [-0.1, -0.05) is 6.07 Å². The van der Waals surface area contributed by atoms with Gasteiger partial charge in [-0.25, -0.2) is 4.79 Å². The molecule has 0 fully saturated rings. The van der Waals surface area contributed by atoms with Crippen molar-refractivity contribution in [3.05, 3.63) is 82.4 Å². The van der Waals surface area contributed by atoms with Gasteiger partial charge in [0.15, 0.2) is 5.69 Å². The fourth-order valence-corrected chi connectivity index (χ4v) is 5.06. The summed E-state index contributed by atoms with van der Waals surface area (Å²) in [7, 11) is 3.18.